The van der Waals surface area contributed by atoms with Crippen molar-refractivity contribution in [1.82, 2.24) is 4.98 Å². The number of rotatable bonds is 15. The number of benzene rings is 4. The summed E-state index contributed by atoms with van der Waals surface area (Å²) in [4.78, 5) is 17.4. The van der Waals surface area contributed by atoms with Gasteiger partial charge in [-0.05, 0) is 29.7 Å². The van der Waals surface area contributed by atoms with E-state index in [1.807, 2.05) is 109 Å². The molecule has 1 fully saturated rings. The standard InChI is InChI=1S/C41H44N2O5S/c1-2-3-4-5-12-17-37(45)42-34-24-22-33(23-25-34)40-46-35(26-36(47-40)30-20-18-29(27-44)19-21-30)28-49-41-43-38(31-13-8-6-9-14-31)39(48-41)32-15-10-7-11-16-32/h6-11,13-16,18-25,35-36,40,44H,2-5,12,17,26-28H2,1H3,(H,42,45). The highest BCUT2D eigenvalue weighted by Gasteiger charge is 2.33. The van der Waals surface area contributed by atoms with Crippen LogP contribution in [-0.2, 0) is 20.9 Å². The Morgan fingerprint density at radius 2 is 1.49 bits per heavy atom. The molecule has 49 heavy (non-hydrogen) atoms. The Kier molecular flexibility index (Phi) is 12.3. The number of ether oxygens (including phenoxy) is 2. The number of anilines is 1. The minimum Gasteiger partial charge on any atom is -0.431 e. The van der Waals surface area contributed by atoms with E-state index >= 15 is 0 Å². The number of nitrogens with one attached hydrogen (secondary N) is 1. The normalized spacial score (nSPS) is 17.6. The van der Waals surface area contributed by atoms with Gasteiger partial charge in [-0.2, -0.15) is 0 Å². The van der Waals surface area contributed by atoms with Gasteiger partial charge in [0, 0.05) is 41.0 Å². The number of unbranched alkanes of at least 4 members (excludes halogenated alkanes) is 4. The molecule has 3 atom stereocenters. The maximum absolute atomic E-state index is 12.5. The number of carbonyl (C=O) groups is 1. The van der Waals surface area contributed by atoms with Crippen molar-refractivity contribution in [2.75, 3.05) is 11.1 Å². The van der Waals surface area contributed by atoms with Crippen LogP contribution < -0.4 is 5.32 Å². The largest absolute Gasteiger partial charge is 0.431 e. The van der Waals surface area contributed by atoms with Crippen molar-refractivity contribution in [2.24, 2.45) is 0 Å². The minimum atomic E-state index is -0.602. The third-order valence-corrected chi connectivity index (χ3v) is 9.63. The predicted molar refractivity (Wildman–Crippen MR) is 195 cm³/mol. The first-order valence-electron chi connectivity index (χ1n) is 17.2. The first-order valence-corrected chi connectivity index (χ1v) is 18.2. The van der Waals surface area contributed by atoms with Crippen LogP contribution in [0.3, 0.4) is 0 Å². The monoisotopic (exact) mass is 676 g/mol. The molecule has 1 aromatic heterocycles. The molecule has 0 radical (unpaired) electrons. The minimum absolute atomic E-state index is 0.00929. The van der Waals surface area contributed by atoms with Gasteiger partial charge in [-0.3, -0.25) is 4.79 Å². The summed E-state index contributed by atoms with van der Waals surface area (Å²) in [6.45, 7) is 2.18. The summed E-state index contributed by atoms with van der Waals surface area (Å²) < 4.78 is 19.5. The fourth-order valence-electron chi connectivity index (χ4n) is 5.96. The van der Waals surface area contributed by atoms with Crippen molar-refractivity contribution in [2.45, 2.75) is 82.2 Å². The van der Waals surface area contributed by atoms with E-state index in [1.54, 1.807) is 0 Å². The lowest BCUT2D eigenvalue weighted by atomic mass is 10.0. The average molecular weight is 677 g/mol. The molecule has 0 spiro atoms. The van der Waals surface area contributed by atoms with Crippen LogP contribution in [0, 0.1) is 0 Å². The van der Waals surface area contributed by atoms with Gasteiger partial charge in [-0.15, -0.1) is 0 Å². The number of aliphatic hydroxyl groups is 1. The highest BCUT2D eigenvalue weighted by Crippen LogP contribution is 2.41. The Labute approximate surface area is 293 Å². The molecule has 1 aliphatic heterocycles. The Morgan fingerprint density at radius 3 is 2.18 bits per heavy atom. The van der Waals surface area contributed by atoms with Gasteiger partial charge in [0.25, 0.3) is 5.22 Å². The summed E-state index contributed by atoms with van der Waals surface area (Å²) in [6, 6.07) is 35.7. The summed E-state index contributed by atoms with van der Waals surface area (Å²) in [5.74, 6) is 1.39. The number of nitrogens with zero attached hydrogens (tertiary/aromatic N) is 1. The second-order valence-electron chi connectivity index (χ2n) is 12.4. The van der Waals surface area contributed by atoms with Crippen LogP contribution in [0.1, 0.15) is 81.0 Å². The molecule has 0 aliphatic carbocycles. The summed E-state index contributed by atoms with van der Waals surface area (Å²) in [5, 5.41) is 13.2. The Hall–Kier alpha value is -4.21. The summed E-state index contributed by atoms with van der Waals surface area (Å²) in [5.41, 5.74) is 6.29. The van der Waals surface area contributed by atoms with Crippen LogP contribution in [0.4, 0.5) is 5.69 Å². The molecule has 1 saturated heterocycles. The number of thioether (sulfide) groups is 1. The van der Waals surface area contributed by atoms with E-state index in [9.17, 15) is 9.90 Å². The molecule has 6 rings (SSSR count). The van der Waals surface area contributed by atoms with Crippen molar-refractivity contribution >= 4 is 23.4 Å². The van der Waals surface area contributed by atoms with Crippen molar-refractivity contribution in [1.29, 1.82) is 0 Å². The van der Waals surface area contributed by atoms with Crippen LogP contribution in [0.2, 0.25) is 0 Å². The Morgan fingerprint density at radius 1 is 0.816 bits per heavy atom. The summed E-state index contributed by atoms with van der Waals surface area (Å²) >= 11 is 1.53. The average Bonchev–Trinajstić information content (AvgIpc) is 3.59. The maximum atomic E-state index is 12.5. The number of hydrogen-bond acceptors (Lipinski definition) is 7. The fraction of sp³-hybridized carbons (Fsp3) is 0.317. The molecule has 7 nitrogen and oxygen atoms in total. The lowest BCUT2D eigenvalue weighted by molar-refractivity contribution is -0.245. The molecule has 1 amide bonds. The number of hydrogen-bond donors (Lipinski definition) is 2. The van der Waals surface area contributed by atoms with Crippen LogP contribution in [0.5, 0.6) is 0 Å². The lowest BCUT2D eigenvalue weighted by Gasteiger charge is -2.36. The zero-order valence-electron chi connectivity index (χ0n) is 27.9. The van der Waals surface area contributed by atoms with Crippen LogP contribution >= 0.6 is 11.8 Å². The third-order valence-electron chi connectivity index (χ3n) is 8.67. The quantitative estimate of drug-likeness (QED) is 0.0842. The first kappa shape index (κ1) is 34.6. The molecule has 254 valence electrons. The van der Waals surface area contributed by atoms with E-state index in [1.165, 1.54) is 31.0 Å². The second kappa shape index (κ2) is 17.4. The number of oxazole rings is 1. The first-order chi connectivity index (χ1) is 24.1. The fourth-order valence-corrected chi connectivity index (χ4v) is 6.80. The highest BCUT2D eigenvalue weighted by molar-refractivity contribution is 7.99. The van der Waals surface area contributed by atoms with Gasteiger partial charge in [0.2, 0.25) is 5.91 Å². The molecular formula is C41H44N2O5S. The lowest BCUT2D eigenvalue weighted by Crippen LogP contribution is -2.31. The van der Waals surface area contributed by atoms with Gasteiger partial charge < -0.3 is 24.3 Å². The van der Waals surface area contributed by atoms with E-state index in [0.29, 0.717) is 23.8 Å². The number of aliphatic hydroxyl groups excluding tert-OH is 1. The van der Waals surface area contributed by atoms with Gasteiger partial charge >= 0.3 is 0 Å². The van der Waals surface area contributed by atoms with Crippen molar-refractivity contribution < 1.29 is 23.8 Å². The smallest absolute Gasteiger partial charge is 0.256 e. The van der Waals surface area contributed by atoms with E-state index in [0.717, 1.165) is 57.8 Å². The zero-order valence-corrected chi connectivity index (χ0v) is 28.7. The molecular weight excluding hydrogens is 633 g/mol. The highest BCUT2D eigenvalue weighted by atomic mass is 32.2. The third kappa shape index (κ3) is 9.49. The number of amides is 1. The number of carbonyl (C=O) groups excluding carboxylic acids is 1. The maximum Gasteiger partial charge on any atom is 0.256 e. The molecule has 8 heteroatoms. The molecule has 5 aromatic rings. The zero-order chi connectivity index (χ0) is 33.8. The Bertz CT molecular complexity index is 1690. The number of aromatic nitrogens is 1. The van der Waals surface area contributed by atoms with Gasteiger partial charge in [0.1, 0.15) is 5.69 Å². The van der Waals surface area contributed by atoms with Gasteiger partial charge in [0.05, 0.1) is 18.8 Å². The van der Waals surface area contributed by atoms with E-state index in [-0.39, 0.29) is 24.7 Å². The topological polar surface area (TPSA) is 93.8 Å². The van der Waals surface area contributed by atoms with Crippen molar-refractivity contribution in [3.8, 4) is 22.6 Å². The van der Waals surface area contributed by atoms with Crippen molar-refractivity contribution in [3.05, 3.63) is 126 Å². The molecule has 3 unspecified atom stereocenters. The van der Waals surface area contributed by atoms with Gasteiger partial charge in [-0.25, -0.2) is 4.98 Å². The molecule has 2 N–H and O–H groups in total. The Balaban J connectivity index is 1.16. The predicted octanol–water partition coefficient (Wildman–Crippen LogP) is 10.1. The van der Waals surface area contributed by atoms with E-state index in [2.05, 4.69) is 12.2 Å². The molecule has 2 heterocycles. The van der Waals surface area contributed by atoms with E-state index < -0.39 is 6.29 Å². The second-order valence-corrected chi connectivity index (χ2v) is 13.4. The summed E-state index contributed by atoms with van der Waals surface area (Å²) in [6.07, 6.45) is 5.76. The molecule has 4 aromatic carbocycles. The van der Waals surface area contributed by atoms with Crippen LogP contribution in [0.15, 0.2) is 119 Å². The van der Waals surface area contributed by atoms with Crippen LogP contribution in [-0.4, -0.2) is 27.9 Å². The molecule has 0 bridgehead atoms. The summed E-state index contributed by atoms with van der Waals surface area (Å²) in [7, 11) is 0. The van der Waals surface area contributed by atoms with Crippen molar-refractivity contribution in [3.63, 3.8) is 0 Å². The van der Waals surface area contributed by atoms with Gasteiger partial charge in [-0.1, -0.05) is 141 Å². The van der Waals surface area contributed by atoms with E-state index in [4.69, 9.17) is 18.9 Å². The van der Waals surface area contributed by atoms with Crippen LogP contribution in [0.25, 0.3) is 22.6 Å². The van der Waals surface area contributed by atoms with Gasteiger partial charge in [0.15, 0.2) is 12.1 Å². The molecule has 1 aliphatic rings. The SMILES string of the molecule is CCCCCCCC(=O)Nc1ccc(C2OC(CSc3nc(-c4ccccc4)c(-c4ccccc4)o3)CC(c3ccc(CO)cc3)O2)cc1. The molecule has 0 saturated carbocycles.